The number of para-hydroxylation sites is 1. The Hall–Kier alpha value is -3.48. The Morgan fingerprint density at radius 2 is 1.79 bits per heavy atom. The molecule has 0 aliphatic carbocycles. The molecule has 7 heteroatoms. The van der Waals surface area contributed by atoms with Gasteiger partial charge in [0.2, 0.25) is 5.91 Å². The summed E-state index contributed by atoms with van der Waals surface area (Å²) in [5.74, 6) is 0.350. The Balaban J connectivity index is 1.88. The average molecular weight is 375 g/mol. The van der Waals surface area contributed by atoms with Gasteiger partial charge in [0.15, 0.2) is 5.65 Å². The highest BCUT2D eigenvalue weighted by atomic mass is 16.2. The smallest absolute Gasteiger partial charge is 0.352 e. The lowest BCUT2D eigenvalue weighted by Gasteiger charge is -2.07. The van der Waals surface area contributed by atoms with Crippen molar-refractivity contribution in [2.45, 2.75) is 32.9 Å². The largest absolute Gasteiger partial charge is 0.352 e. The number of carbonyl (C=O) groups excluding carboxylic acids is 1. The van der Waals surface area contributed by atoms with Gasteiger partial charge in [0.25, 0.3) is 0 Å². The number of nitrogens with zero attached hydrogens (tertiary/aromatic N) is 4. The topological polar surface area (TPSA) is 81.3 Å². The maximum atomic E-state index is 13.0. The number of hydrogen-bond donors (Lipinski definition) is 1. The Labute approximate surface area is 161 Å². The predicted octanol–water partition coefficient (Wildman–Crippen LogP) is 2.16. The number of aromatic nitrogens is 4. The molecule has 4 rings (SSSR count). The summed E-state index contributed by atoms with van der Waals surface area (Å²) in [5, 5.41) is 8.02. The van der Waals surface area contributed by atoms with E-state index in [1.165, 1.54) is 9.08 Å². The van der Waals surface area contributed by atoms with Crippen LogP contribution in [0.3, 0.4) is 0 Å². The van der Waals surface area contributed by atoms with Gasteiger partial charge in [0, 0.05) is 17.8 Å². The van der Waals surface area contributed by atoms with Crippen molar-refractivity contribution in [3.63, 3.8) is 0 Å². The number of amides is 1. The van der Waals surface area contributed by atoms with Crippen molar-refractivity contribution in [2.75, 3.05) is 0 Å². The van der Waals surface area contributed by atoms with Crippen molar-refractivity contribution in [2.24, 2.45) is 0 Å². The zero-order chi connectivity index (χ0) is 19.7. The van der Waals surface area contributed by atoms with E-state index in [0.29, 0.717) is 17.9 Å². The lowest BCUT2D eigenvalue weighted by Crippen LogP contribution is -2.36. The summed E-state index contributed by atoms with van der Waals surface area (Å²) >= 11 is 0. The number of benzene rings is 2. The fourth-order valence-corrected chi connectivity index (χ4v) is 3.27. The van der Waals surface area contributed by atoms with Crippen LogP contribution in [0.1, 0.15) is 25.2 Å². The van der Waals surface area contributed by atoms with Gasteiger partial charge in [-0.15, -0.1) is 5.10 Å². The summed E-state index contributed by atoms with van der Waals surface area (Å²) in [6, 6.07) is 17.4. The van der Waals surface area contributed by atoms with Gasteiger partial charge in [-0.3, -0.25) is 4.79 Å². The number of nitrogens with one attached hydrogen (secondary N) is 1. The maximum Gasteiger partial charge on any atom is 0.352 e. The standard InChI is InChI=1S/C21H21N5O2/c1-14(2)22-19(27)13-25-21(28)26-18(12-15-8-4-3-5-9-15)23-17-11-7-6-10-16(17)20(26)24-25/h3-11,14H,12-13H2,1-2H3,(H,22,27). The highest BCUT2D eigenvalue weighted by Gasteiger charge is 2.17. The van der Waals surface area contributed by atoms with Crippen molar-refractivity contribution < 1.29 is 4.79 Å². The normalized spacial score (nSPS) is 11.4. The molecule has 28 heavy (non-hydrogen) atoms. The first-order valence-corrected chi connectivity index (χ1v) is 9.23. The maximum absolute atomic E-state index is 13.0. The molecule has 0 spiro atoms. The van der Waals surface area contributed by atoms with Gasteiger partial charge >= 0.3 is 5.69 Å². The number of carbonyl (C=O) groups is 1. The van der Waals surface area contributed by atoms with E-state index in [4.69, 9.17) is 4.98 Å². The fraction of sp³-hybridized carbons (Fsp3) is 0.238. The molecule has 4 aromatic rings. The highest BCUT2D eigenvalue weighted by molar-refractivity contribution is 5.91. The van der Waals surface area contributed by atoms with Gasteiger partial charge in [0.05, 0.1) is 5.52 Å². The van der Waals surface area contributed by atoms with Gasteiger partial charge in [-0.05, 0) is 31.5 Å². The van der Waals surface area contributed by atoms with E-state index < -0.39 is 0 Å². The first-order chi connectivity index (χ1) is 13.5. The second-order valence-electron chi connectivity index (χ2n) is 7.03. The SMILES string of the molecule is CC(C)NC(=O)Cn1nc2c3ccccc3nc(Cc3ccccc3)n2c1=O. The monoisotopic (exact) mass is 375 g/mol. The van der Waals surface area contributed by atoms with Crippen LogP contribution in [0.25, 0.3) is 16.6 Å². The Kier molecular flexibility index (Phi) is 4.65. The molecule has 0 saturated carbocycles. The van der Waals surface area contributed by atoms with E-state index in [0.717, 1.165) is 16.5 Å². The van der Waals surface area contributed by atoms with E-state index >= 15 is 0 Å². The molecule has 2 aromatic heterocycles. The van der Waals surface area contributed by atoms with Crippen molar-refractivity contribution in [3.05, 3.63) is 76.5 Å². The molecule has 2 aromatic carbocycles. The minimum atomic E-state index is -0.363. The van der Waals surface area contributed by atoms with Crippen LogP contribution in [0, 0.1) is 0 Å². The molecule has 7 nitrogen and oxygen atoms in total. The quantitative estimate of drug-likeness (QED) is 0.580. The summed E-state index contributed by atoms with van der Waals surface area (Å²) in [6.07, 6.45) is 0.492. The van der Waals surface area contributed by atoms with E-state index in [1.807, 2.05) is 68.4 Å². The molecule has 0 radical (unpaired) electrons. The average Bonchev–Trinajstić information content (AvgIpc) is 2.99. The summed E-state index contributed by atoms with van der Waals surface area (Å²) < 4.78 is 2.72. The zero-order valence-electron chi connectivity index (χ0n) is 15.8. The predicted molar refractivity (Wildman–Crippen MR) is 107 cm³/mol. The third kappa shape index (κ3) is 3.38. The van der Waals surface area contributed by atoms with Crippen molar-refractivity contribution in [1.29, 1.82) is 0 Å². The molecule has 0 bridgehead atoms. The van der Waals surface area contributed by atoms with Crippen molar-refractivity contribution in [1.82, 2.24) is 24.5 Å². The van der Waals surface area contributed by atoms with Crippen LogP contribution in [0.2, 0.25) is 0 Å². The van der Waals surface area contributed by atoms with Crippen LogP contribution < -0.4 is 11.0 Å². The minimum absolute atomic E-state index is 0.00336. The van der Waals surface area contributed by atoms with E-state index in [9.17, 15) is 9.59 Å². The van der Waals surface area contributed by atoms with E-state index in [2.05, 4.69) is 10.4 Å². The molecule has 0 unspecified atom stereocenters. The highest BCUT2D eigenvalue weighted by Crippen LogP contribution is 2.18. The number of fused-ring (bicyclic) bond motifs is 3. The van der Waals surface area contributed by atoms with Crippen LogP contribution in [0.15, 0.2) is 59.4 Å². The molecule has 1 amide bonds. The molecule has 0 fully saturated rings. The third-order valence-corrected chi connectivity index (χ3v) is 4.44. The summed E-state index contributed by atoms with van der Waals surface area (Å²) in [5.41, 5.74) is 1.96. The second-order valence-corrected chi connectivity index (χ2v) is 7.03. The Morgan fingerprint density at radius 1 is 1.07 bits per heavy atom. The molecule has 1 N–H and O–H groups in total. The third-order valence-electron chi connectivity index (χ3n) is 4.44. The van der Waals surface area contributed by atoms with Crippen molar-refractivity contribution >= 4 is 22.5 Å². The lowest BCUT2D eigenvalue weighted by molar-refractivity contribution is -0.122. The molecule has 142 valence electrons. The first-order valence-electron chi connectivity index (χ1n) is 9.23. The Morgan fingerprint density at radius 3 is 2.54 bits per heavy atom. The molecule has 0 atom stereocenters. The summed E-state index contributed by atoms with van der Waals surface area (Å²) in [7, 11) is 0. The van der Waals surface area contributed by atoms with Crippen LogP contribution in [0.4, 0.5) is 0 Å². The number of hydrogen-bond acceptors (Lipinski definition) is 4. The van der Waals surface area contributed by atoms with Crippen LogP contribution in [-0.2, 0) is 17.8 Å². The van der Waals surface area contributed by atoms with Crippen LogP contribution in [0.5, 0.6) is 0 Å². The molecule has 0 saturated heterocycles. The van der Waals surface area contributed by atoms with Crippen LogP contribution in [-0.4, -0.2) is 31.1 Å². The lowest BCUT2D eigenvalue weighted by atomic mass is 10.1. The molecule has 0 aliphatic heterocycles. The number of rotatable bonds is 5. The van der Waals surface area contributed by atoms with Gasteiger partial charge in [-0.25, -0.2) is 18.9 Å². The van der Waals surface area contributed by atoms with Gasteiger partial charge in [-0.2, -0.15) is 0 Å². The van der Waals surface area contributed by atoms with Gasteiger partial charge < -0.3 is 5.32 Å². The Bertz CT molecular complexity index is 1210. The fourth-order valence-electron chi connectivity index (χ4n) is 3.27. The second kappa shape index (κ2) is 7.26. The zero-order valence-corrected chi connectivity index (χ0v) is 15.8. The van der Waals surface area contributed by atoms with Gasteiger partial charge in [0.1, 0.15) is 12.4 Å². The molecular formula is C21H21N5O2. The molecule has 0 aliphatic rings. The molecular weight excluding hydrogens is 354 g/mol. The van der Waals surface area contributed by atoms with E-state index in [-0.39, 0.29) is 24.2 Å². The van der Waals surface area contributed by atoms with Crippen molar-refractivity contribution in [3.8, 4) is 0 Å². The summed E-state index contributed by atoms with van der Waals surface area (Å²) in [6.45, 7) is 3.62. The van der Waals surface area contributed by atoms with Gasteiger partial charge in [-0.1, -0.05) is 42.5 Å². The first kappa shape index (κ1) is 17.9. The summed E-state index contributed by atoms with van der Waals surface area (Å²) in [4.78, 5) is 29.9. The van der Waals surface area contributed by atoms with E-state index in [1.54, 1.807) is 0 Å². The van der Waals surface area contributed by atoms with Crippen LogP contribution >= 0.6 is 0 Å². The minimum Gasteiger partial charge on any atom is -0.352 e. The molecule has 2 heterocycles.